The fourth-order valence-electron chi connectivity index (χ4n) is 3.37. The minimum absolute atomic E-state index is 0.112. The van der Waals surface area contributed by atoms with Gasteiger partial charge in [-0.1, -0.05) is 23.5 Å². The molecule has 0 bridgehead atoms. The number of fused-ring (bicyclic) bond motifs is 1. The Labute approximate surface area is 210 Å². The number of carbonyl (C=O) groups is 1. The number of methoxy groups -OCH3 is 2. The smallest absolute Gasteiger partial charge is 0.260 e. The van der Waals surface area contributed by atoms with Crippen LogP contribution in [-0.2, 0) is 19.5 Å². The number of ether oxygens (including phenoxy) is 2. The number of carbonyl (C=O) groups excluding carboxylic acids is 1. The summed E-state index contributed by atoms with van der Waals surface area (Å²) in [5.74, 6) is -0.231. The second-order valence-corrected chi connectivity index (χ2v) is 11.1. The van der Waals surface area contributed by atoms with E-state index in [9.17, 15) is 13.2 Å². The Morgan fingerprint density at radius 3 is 2.11 bits per heavy atom. The molecule has 3 aromatic rings. The molecule has 190 valence electrons. The van der Waals surface area contributed by atoms with Gasteiger partial charge in [0, 0.05) is 46.0 Å². The highest BCUT2D eigenvalue weighted by molar-refractivity contribution is 7.89. The molecule has 0 saturated heterocycles. The van der Waals surface area contributed by atoms with Gasteiger partial charge in [-0.25, -0.2) is 13.4 Å². The Bertz CT molecular complexity index is 1170. The minimum atomic E-state index is -3.77. The van der Waals surface area contributed by atoms with Gasteiger partial charge in [-0.05, 0) is 50.5 Å². The van der Waals surface area contributed by atoms with Gasteiger partial charge in [-0.15, -0.1) is 0 Å². The first-order chi connectivity index (χ1) is 16.8. The molecule has 3 rings (SSSR count). The van der Waals surface area contributed by atoms with Crippen LogP contribution in [0.2, 0.25) is 0 Å². The lowest BCUT2D eigenvalue weighted by molar-refractivity contribution is 0.0985. The topological polar surface area (TPSA) is 92.3 Å². The molecule has 0 aliphatic heterocycles. The van der Waals surface area contributed by atoms with Gasteiger partial charge in [-0.3, -0.25) is 9.69 Å². The number of aromatic nitrogens is 1. The Morgan fingerprint density at radius 1 is 0.914 bits per heavy atom. The molecule has 1 heterocycles. The normalized spacial score (nSPS) is 12.1. The van der Waals surface area contributed by atoms with Crippen molar-refractivity contribution in [3.63, 3.8) is 0 Å². The summed E-state index contributed by atoms with van der Waals surface area (Å²) in [5, 5.41) is 0.611. The van der Waals surface area contributed by atoms with E-state index < -0.39 is 10.0 Å². The molecule has 0 N–H and O–H groups in total. The zero-order chi connectivity index (χ0) is 25.4. The van der Waals surface area contributed by atoms with E-state index in [1.54, 1.807) is 17.0 Å². The molecule has 0 fully saturated rings. The van der Waals surface area contributed by atoms with Crippen LogP contribution in [0.3, 0.4) is 0 Å². The van der Waals surface area contributed by atoms with Crippen LogP contribution in [0.25, 0.3) is 10.2 Å². The predicted molar refractivity (Wildman–Crippen MR) is 139 cm³/mol. The highest BCUT2D eigenvalue weighted by Crippen LogP contribution is 2.29. The van der Waals surface area contributed by atoms with Crippen LogP contribution in [0.5, 0.6) is 0 Å². The summed E-state index contributed by atoms with van der Waals surface area (Å²) in [6.07, 6.45) is 0. The van der Waals surface area contributed by atoms with Crippen molar-refractivity contribution in [2.45, 2.75) is 4.90 Å². The summed E-state index contributed by atoms with van der Waals surface area (Å²) in [7, 11) is 3.17. The third kappa shape index (κ3) is 6.84. The number of hydrogen-bond acceptors (Lipinski definition) is 8. The molecule has 11 heteroatoms. The standard InChI is InChI=1S/C24H32N4O5S2/c1-26(2)13-14-28(24-25-21-7-5-6-8-22(21)34-24)23(29)19-9-11-20(12-10-19)35(30,31)27(15-17-32-3)16-18-33-4/h5-12H,13-18H2,1-4H3. The number of anilines is 1. The zero-order valence-corrected chi connectivity index (χ0v) is 22.1. The number of nitrogens with zero attached hydrogens (tertiary/aromatic N) is 4. The number of sulfonamides is 1. The molecule has 0 unspecified atom stereocenters. The van der Waals surface area contributed by atoms with Crippen LogP contribution in [0.4, 0.5) is 5.13 Å². The highest BCUT2D eigenvalue weighted by atomic mass is 32.2. The van der Waals surface area contributed by atoms with Crippen molar-refractivity contribution in [3.05, 3.63) is 54.1 Å². The number of benzene rings is 2. The predicted octanol–water partition coefficient (Wildman–Crippen LogP) is 2.79. The second kappa shape index (κ2) is 12.5. The quantitative estimate of drug-likeness (QED) is 0.342. The molecule has 0 saturated carbocycles. The molecule has 9 nitrogen and oxygen atoms in total. The van der Waals surface area contributed by atoms with Gasteiger partial charge in [0.2, 0.25) is 10.0 Å². The van der Waals surface area contributed by atoms with Crippen LogP contribution in [0.1, 0.15) is 10.4 Å². The number of hydrogen-bond donors (Lipinski definition) is 0. The third-order valence-electron chi connectivity index (χ3n) is 5.36. The summed E-state index contributed by atoms with van der Waals surface area (Å²) in [5.41, 5.74) is 1.23. The van der Waals surface area contributed by atoms with Crippen molar-refractivity contribution < 1.29 is 22.7 Å². The lowest BCUT2D eigenvalue weighted by Gasteiger charge is -2.23. The molecule has 0 aliphatic carbocycles. The van der Waals surface area contributed by atoms with E-state index in [1.165, 1.54) is 42.0 Å². The van der Waals surface area contributed by atoms with Gasteiger partial charge in [0.05, 0.1) is 28.3 Å². The molecule has 0 atom stereocenters. The lowest BCUT2D eigenvalue weighted by atomic mass is 10.2. The number of rotatable bonds is 13. The number of amides is 1. The maximum atomic E-state index is 13.5. The van der Waals surface area contributed by atoms with E-state index in [2.05, 4.69) is 4.98 Å². The van der Waals surface area contributed by atoms with Gasteiger partial charge in [0.1, 0.15) is 0 Å². The van der Waals surface area contributed by atoms with Gasteiger partial charge in [-0.2, -0.15) is 4.31 Å². The van der Waals surface area contributed by atoms with Crippen molar-refractivity contribution in [3.8, 4) is 0 Å². The van der Waals surface area contributed by atoms with Gasteiger partial charge >= 0.3 is 0 Å². The second-order valence-electron chi connectivity index (χ2n) is 8.14. The average molecular weight is 521 g/mol. The van der Waals surface area contributed by atoms with E-state index in [0.717, 1.165) is 10.2 Å². The van der Waals surface area contributed by atoms with E-state index in [-0.39, 0.29) is 37.1 Å². The first-order valence-electron chi connectivity index (χ1n) is 11.2. The van der Waals surface area contributed by atoms with Gasteiger partial charge in [0.25, 0.3) is 5.91 Å². The van der Waals surface area contributed by atoms with E-state index in [1.807, 2.05) is 43.3 Å². The van der Waals surface area contributed by atoms with Crippen molar-refractivity contribution in [2.24, 2.45) is 0 Å². The molecule has 1 aromatic heterocycles. The Hall–Kier alpha value is -2.41. The first kappa shape index (κ1) is 27.2. The van der Waals surface area contributed by atoms with E-state index >= 15 is 0 Å². The van der Waals surface area contributed by atoms with Crippen molar-refractivity contribution in [1.82, 2.24) is 14.2 Å². The third-order valence-corrected chi connectivity index (χ3v) is 8.33. The molecule has 2 aromatic carbocycles. The number of thiazole rings is 1. The van der Waals surface area contributed by atoms with Crippen LogP contribution >= 0.6 is 11.3 Å². The zero-order valence-electron chi connectivity index (χ0n) is 20.5. The van der Waals surface area contributed by atoms with Crippen molar-refractivity contribution in [1.29, 1.82) is 0 Å². The monoisotopic (exact) mass is 520 g/mol. The summed E-state index contributed by atoms with van der Waals surface area (Å²) >= 11 is 1.46. The van der Waals surface area contributed by atoms with Crippen LogP contribution in [-0.4, -0.2) is 96.2 Å². The summed E-state index contributed by atoms with van der Waals surface area (Å²) < 4.78 is 38.8. The fourth-order valence-corrected chi connectivity index (χ4v) is 5.77. The van der Waals surface area contributed by atoms with Gasteiger partial charge < -0.3 is 14.4 Å². The Kier molecular flexibility index (Phi) is 9.72. The molecule has 0 aliphatic rings. The lowest BCUT2D eigenvalue weighted by Crippen LogP contribution is -2.37. The maximum absolute atomic E-state index is 13.5. The Morgan fingerprint density at radius 2 is 1.54 bits per heavy atom. The molecule has 1 amide bonds. The SMILES string of the molecule is COCCN(CCOC)S(=O)(=O)c1ccc(C(=O)N(CCN(C)C)c2nc3ccccc3s2)cc1. The maximum Gasteiger partial charge on any atom is 0.260 e. The molecule has 0 spiro atoms. The van der Waals surface area contributed by atoms with E-state index in [0.29, 0.717) is 23.8 Å². The fraction of sp³-hybridized carbons (Fsp3) is 0.417. The largest absolute Gasteiger partial charge is 0.383 e. The van der Waals surface area contributed by atoms with E-state index in [4.69, 9.17) is 9.47 Å². The first-order valence-corrected chi connectivity index (χ1v) is 13.4. The summed E-state index contributed by atoms with van der Waals surface area (Å²) in [6, 6.07) is 13.8. The number of para-hydroxylation sites is 1. The van der Waals surface area contributed by atoms with Crippen LogP contribution < -0.4 is 4.90 Å². The van der Waals surface area contributed by atoms with Crippen LogP contribution in [0.15, 0.2) is 53.4 Å². The Balaban J connectivity index is 1.87. The molecular weight excluding hydrogens is 488 g/mol. The average Bonchev–Trinajstić information content (AvgIpc) is 3.27. The summed E-state index contributed by atoms with van der Waals surface area (Å²) in [6.45, 7) is 2.05. The molecular formula is C24H32N4O5S2. The summed E-state index contributed by atoms with van der Waals surface area (Å²) in [4.78, 5) is 21.9. The molecule has 0 radical (unpaired) electrons. The molecule has 35 heavy (non-hydrogen) atoms. The van der Waals surface area contributed by atoms with Crippen LogP contribution in [0, 0.1) is 0 Å². The number of likely N-dealkylation sites (N-methyl/N-ethyl adjacent to an activating group) is 1. The highest BCUT2D eigenvalue weighted by Gasteiger charge is 2.26. The van der Waals surface area contributed by atoms with Gasteiger partial charge in [0.15, 0.2) is 5.13 Å². The minimum Gasteiger partial charge on any atom is -0.383 e. The van der Waals surface area contributed by atoms with Crippen molar-refractivity contribution in [2.75, 3.05) is 72.6 Å². The van der Waals surface area contributed by atoms with Crippen molar-refractivity contribution >= 4 is 42.6 Å².